The van der Waals surface area contributed by atoms with E-state index in [-0.39, 0.29) is 18.3 Å². The van der Waals surface area contributed by atoms with Crippen molar-refractivity contribution in [2.75, 3.05) is 27.0 Å². The summed E-state index contributed by atoms with van der Waals surface area (Å²) in [7, 11) is 4.99. The van der Waals surface area contributed by atoms with Gasteiger partial charge in [0.25, 0.3) is 0 Å². The monoisotopic (exact) mass is 359 g/mol. The molecule has 0 aromatic heterocycles. The number of thioether (sulfide) groups is 1. The molecule has 6 heteroatoms. The van der Waals surface area contributed by atoms with Crippen molar-refractivity contribution in [2.45, 2.75) is 11.5 Å². The summed E-state index contributed by atoms with van der Waals surface area (Å²) in [4.78, 5) is 26.4. The molecule has 0 unspecified atom stereocenters. The molecule has 0 saturated carbocycles. The van der Waals surface area contributed by atoms with Crippen molar-refractivity contribution in [1.29, 1.82) is 0 Å². The maximum Gasteiger partial charge on any atom is 0.339 e. The molecular formula is C19H21NO4S. The molecule has 0 radical (unpaired) electrons. The summed E-state index contributed by atoms with van der Waals surface area (Å²) in [6.07, 6.45) is 0. The van der Waals surface area contributed by atoms with E-state index in [2.05, 4.69) is 0 Å². The number of rotatable bonds is 7. The molecule has 0 bridgehead atoms. The Balaban J connectivity index is 2.05. The van der Waals surface area contributed by atoms with Gasteiger partial charge in [0.05, 0.1) is 18.4 Å². The summed E-state index contributed by atoms with van der Waals surface area (Å²) in [6.45, 7) is 0.123. The maximum absolute atomic E-state index is 12.4. The van der Waals surface area contributed by atoms with Crippen LogP contribution in [0.2, 0.25) is 0 Å². The van der Waals surface area contributed by atoms with Gasteiger partial charge in [-0.25, -0.2) is 4.79 Å². The molecule has 0 N–H and O–H groups in total. The Bertz CT molecular complexity index is 746. The summed E-state index contributed by atoms with van der Waals surface area (Å²) >= 11 is 1.32. The van der Waals surface area contributed by atoms with Crippen LogP contribution < -0.4 is 4.74 Å². The summed E-state index contributed by atoms with van der Waals surface area (Å²) in [5, 5.41) is 0. The van der Waals surface area contributed by atoms with Crippen molar-refractivity contribution in [3.05, 3.63) is 59.7 Å². The third-order valence-electron chi connectivity index (χ3n) is 3.51. The lowest BCUT2D eigenvalue weighted by Gasteiger charge is -2.12. The zero-order valence-electron chi connectivity index (χ0n) is 14.5. The highest BCUT2D eigenvalue weighted by Gasteiger charge is 2.15. The molecule has 2 aromatic carbocycles. The van der Waals surface area contributed by atoms with Gasteiger partial charge in [-0.05, 0) is 18.2 Å². The molecule has 0 aliphatic carbocycles. The maximum atomic E-state index is 12.4. The highest BCUT2D eigenvalue weighted by molar-refractivity contribution is 8.00. The topological polar surface area (TPSA) is 55.8 Å². The molecule has 2 aromatic rings. The van der Waals surface area contributed by atoms with Crippen LogP contribution in [-0.4, -0.2) is 43.7 Å². The number of amides is 1. The molecule has 0 heterocycles. The van der Waals surface area contributed by atoms with E-state index in [1.54, 1.807) is 33.3 Å². The van der Waals surface area contributed by atoms with E-state index in [0.717, 1.165) is 10.5 Å². The Morgan fingerprint density at radius 3 is 2.44 bits per heavy atom. The summed E-state index contributed by atoms with van der Waals surface area (Å²) < 4.78 is 10.7. The van der Waals surface area contributed by atoms with Gasteiger partial charge in [0.2, 0.25) is 5.91 Å². The first-order valence-corrected chi connectivity index (χ1v) is 8.72. The summed E-state index contributed by atoms with van der Waals surface area (Å²) in [5.74, 6) is 0.507. The lowest BCUT2D eigenvalue weighted by Crippen LogP contribution is -2.23. The van der Waals surface area contributed by atoms with Crippen LogP contribution in [0.15, 0.2) is 53.4 Å². The highest BCUT2D eigenvalue weighted by atomic mass is 32.2. The highest BCUT2D eigenvalue weighted by Crippen LogP contribution is 2.25. The SMILES string of the molecule is COc1ccccc1COC(=O)c1ccccc1SCC(=O)N(C)C. The standard InChI is InChI=1S/C19H21NO4S/c1-20(2)18(21)13-25-17-11-7-5-9-15(17)19(22)24-12-14-8-4-6-10-16(14)23-3/h4-11H,12-13H2,1-3H3. The Hall–Kier alpha value is -2.47. The first-order valence-electron chi connectivity index (χ1n) is 7.74. The number of carbonyl (C=O) groups excluding carboxylic acids is 2. The van der Waals surface area contributed by atoms with Gasteiger partial charge in [0, 0.05) is 24.6 Å². The van der Waals surface area contributed by atoms with E-state index >= 15 is 0 Å². The van der Waals surface area contributed by atoms with Crippen LogP contribution in [0.3, 0.4) is 0 Å². The fraction of sp³-hybridized carbons (Fsp3) is 0.263. The third-order valence-corrected chi connectivity index (χ3v) is 4.57. The number of hydrogen-bond acceptors (Lipinski definition) is 5. The fourth-order valence-corrected chi connectivity index (χ4v) is 3.09. The zero-order chi connectivity index (χ0) is 18.2. The number of esters is 1. The second-order valence-electron chi connectivity index (χ2n) is 5.46. The first kappa shape index (κ1) is 18.9. The van der Waals surface area contributed by atoms with Gasteiger partial charge in [-0.15, -0.1) is 11.8 Å². The number of carbonyl (C=O) groups is 2. The van der Waals surface area contributed by atoms with Crippen molar-refractivity contribution in [3.8, 4) is 5.75 Å². The molecule has 0 fully saturated rings. The minimum atomic E-state index is -0.425. The van der Waals surface area contributed by atoms with Gasteiger partial charge in [-0.1, -0.05) is 30.3 Å². The normalized spacial score (nSPS) is 10.2. The lowest BCUT2D eigenvalue weighted by molar-refractivity contribution is -0.125. The molecule has 0 atom stereocenters. The number of nitrogens with zero attached hydrogens (tertiary/aromatic N) is 1. The number of hydrogen-bond donors (Lipinski definition) is 0. The van der Waals surface area contributed by atoms with E-state index in [1.165, 1.54) is 16.7 Å². The molecule has 2 rings (SSSR count). The molecule has 0 saturated heterocycles. The van der Waals surface area contributed by atoms with Crippen LogP contribution in [-0.2, 0) is 16.1 Å². The molecule has 0 aliphatic heterocycles. The van der Waals surface area contributed by atoms with Crippen LogP contribution in [0.4, 0.5) is 0 Å². The second kappa shape index (κ2) is 9.13. The molecule has 1 amide bonds. The van der Waals surface area contributed by atoms with Crippen LogP contribution in [0.25, 0.3) is 0 Å². The Morgan fingerprint density at radius 2 is 1.72 bits per heavy atom. The van der Waals surface area contributed by atoms with E-state index in [9.17, 15) is 9.59 Å². The van der Waals surface area contributed by atoms with Crippen molar-refractivity contribution in [2.24, 2.45) is 0 Å². The van der Waals surface area contributed by atoms with Crippen LogP contribution in [0, 0.1) is 0 Å². The van der Waals surface area contributed by atoms with Crippen LogP contribution in [0.1, 0.15) is 15.9 Å². The molecular weight excluding hydrogens is 338 g/mol. The predicted molar refractivity (Wildman–Crippen MR) is 98.0 cm³/mol. The number of para-hydroxylation sites is 1. The van der Waals surface area contributed by atoms with Gasteiger partial charge >= 0.3 is 5.97 Å². The van der Waals surface area contributed by atoms with Gasteiger partial charge < -0.3 is 14.4 Å². The van der Waals surface area contributed by atoms with Crippen LogP contribution in [0.5, 0.6) is 5.75 Å². The van der Waals surface area contributed by atoms with Crippen molar-refractivity contribution in [3.63, 3.8) is 0 Å². The van der Waals surface area contributed by atoms with Crippen molar-refractivity contribution >= 4 is 23.6 Å². The van der Waals surface area contributed by atoms with Gasteiger partial charge in [0.15, 0.2) is 0 Å². The minimum absolute atomic E-state index is 0.0119. The van der Waals surface area contributed by atoms with E-state index in [1.807, 2.05) is 36.4 Å². The molecule has 5 nitrogen and oxygen atoms in total. The summed E-state index contributed by atoms with van der Waals surface area (Å²) in [5.41, 5.74) is 1.25. The smallest absolute Gasteiger partial charge is 0.339 e. The van der Waals surface area contributed by atoms with Crippen molar-refractivity contribution < 1.29 is 19.1 Å². The van der Waals surface area contributed by atoms with Gasteiger partial charge in [0.1, 0.15) is 12.4 Å². The van der Waals surface area contributed by atoms with Crippen LogP contribution >= 0.6 is 11.8 Å². The lowest BCUT2D eigenvalue weighted by atomic mass is 10.2. The molecule has 0 spiro atoms. The Kier molecular flexibility index (Phi) is 6.89. The van der Waals surface area contributed by atoms with E-state index in [4.69, 9.17) is 9.47 Å². The third kappa shape index (κ3) is 5.26. The molecule has 25 heavy (non-hydrogen) atoms. The number of benzene rings is 2. The molecule has 0 aliphatic rings. The summed E-state index contributed by atoms with van der Waals surface area (Å²) in [6, 6.07) is 14.5. The van der Waals surface area contributed by atoms with Gasteiger partial charge in [-0.3, -0.25) is 4.79 Å². The number of methoxy groups -OCH3 is 1. The average molecular weight is 359 g/mol. The Morgan fingerprint density at radius 1 is 1.04 bits per heavy atom. The second-order valence-corrected chi connectivity index (χ2v) is 6.48. The average Bonchev–Trinajstić information content (AvgIpc) is 2.64. The molecule has 132 valence electrons. The largest absolute Gasteiger partial charge is 0.496 e. The first-order chi connectivity index (χ1) is 12.0. The van der Waals surface area contributed by atoms with E-state index in [0.29, 0.717) is 11.3 Å². The number of ether oxygens (including phenoxy) is 2. The van der Waals surface area contributed by atoms with Gasteiger partial charge in [-0.2, -0.15) is 0 Å². The van der Waals surface area contributed by atoms with E-state index < -0.39 is 5.97 Å². The minimum Gasteiger partial charge on any atom is -0.496 e. The Labute approximate surface area is 151 Å². The predicted octanol–water partition coefficient (Wildman–Crippen LogP) is 3.23. The fourth-order valence-electron chi connectivity index (χ4n) is 2.07. The quantitative estimate of drug-likeness (QED) is 0.561. The van der Waals surface area contributed by atoms with Crippen molar-refractivity contribution in [1.82, 2.24) is 4.90 Å². The zero-order valence-corrected chi connectivity index (χ0v) is 15.3.